The number of anilines is 3. The number of rotatable bonds is 4. The molecule has 0 saturated carbocycles. The fourth-order valence-electron chi connectivity index (χ4n) is 4.13. The average Bonchev–Trinajstić information content (AvgIpc) is 3.16. The lowest BCUT2D eigenvalue weighted by Crippen LogP contribution is -2.41. The zero-order chi connectivity index (χ0) is 22.0. The molecule has 8 heteroatoms. The summed E-state index contributed by atoms with van der Waals surface area (Å²) in [5, 5.41) is 7.95. The van der Waals surface area contributed by atoms with E-state index in [0.29, 0.717) is 35.1 Å². The Balaban J connectivity index is 1.34. The zero-order valence-electron chi connectivity index (χ0n) is 17.8. The highest BCUT2D eigenvalue weighted by atomic mass is 16.2. The molecule has 3 amide bonds. The average molecular weight is 422 g/mol. The van der Waals surface area contributed by atoms with E-state index in [1.807, 2.05) is 12.1 Å². The van der Waals surface area contributed by atoms with E-state index in [4.69, 9.17) is 0 Å². The molecule has 1 saturated heterocycles. The van der Waals surface area contributed by atoms with Gasteiger partial charge in [0.05, 0.1) is 0 Å². The van der Waals surface area contributed by atoms with Gasteiger partial charge in [0.2, 0.25) is 0 Å². The molecule has 0 radical (unpaired) electrons. The quantitative estimate of drug-likeness (QED) is 0.657. The molecule has 8 nitrogen and oxygen atoms in total. The molecule has 4 rings (SSSR count). The summed E-state index contributed by atoms with van der Waals surface area (Å²) in [6.45, 7) is 2.32. The van der Waals surface area contributed by atoms with Crippen LogP contribution in [0.4, 0.5) is 17.1 Å². The summed E-state index contributed by atoms with van der Waals surface area (Å²) < 4.78 is 0. The molecule has 2 aliphatic rings. The first-order valence-electron chi connectivity index (χ1n) is 10.5. The van der Waals surface area contributed by atoms with Crippen LogP contribution < -0.4 is 20.9 Å². The number of carbonyl (C=O) groups is 3. The Morgan fingerprint density at radius 3 is 2.35 bits per heavy atom. The van der Waals surface area contributed by atoms with E-state index < -0.39 is 11.8 Å². The molecule has 2 aliphatic heterocycles. The van der Waals surface area contributed by atoms with Crippen molar-refractivity contribution in [3.8, 4) is 0 Å². The molecule has 31 heavy (non-hydrogen) atoms. The number of fused-ring (bicyclic) bond motifs is 1. The Labute approximate surface area is 181 Å². The molecule has 3 N–H and O–H groups in total. The second-order valence-corrected chi connectivity index (χ2v) is 8.15. The molecular formula is C23H27N5O3. The minimum atomic E-state index is -0.775. The van der Waals surface area contributed by atoms with Gasteiger partial charge < -0.3 is 25.8 Å². The predicted octanol–water partition coefficient (Wildman–Crippen LogP) is 2.04. The van der Waals surface area contributed by atoms with Crippen LogP contribution in [0, 0.1) is 0 Å². The predicted molar refractivity (Wildman–Crippen MR) is 120 cm³/mol. The number of amides is 3. The molecule has 0 spiro atoms. The number of piperidine rings is 1. The summed E-state index contributed by atoms with van der Waals surface area (Å²) in [4.78, 5) is 41.1. The van der Waals surface area contributed by atoms with E-state index in [0.717, 1.165) is 31.6 Å². The van der Waals surface area contributed by atoms with Crippen molar-refractivity contribution in [1.82, 2.24) is 10.2 Å². The van der Waals surface area contributed by atoms with Gasteiger partial charge in [-0.25, -0.2) is 0 Å². The standard InChI is InChI=1S/C23H27N5O3/c1-27(2)16-10-12-28(13-11-16)17-8-6-15(7-9-17)25-22(30)23(31)26-20-5-3-4-18-19(20)14-24-21(18)29/h3-9,16H,10-14H2,1-2H3,(H,24,29)(H,25,30)(H,26,31). The highest BCUT2D eigenvalue weighted by molar-refractivity contribution is 6.43. The van der Waals surface area contributed by atoms with Crippen LogP contribution >= 0.6 is 0 Å². The number of nitrogens with zero attached hydrogens (tertiary/aromatic N) is 2. The summed E-state index contributed by atoms with van der Waals surface area (Å²) in [7, 11) is 4.24. The Kier molecular flexibility index (Phi) is 5.90. The highest BCUT2D eigenvalue weighted by Crippen LogP contribution is 2.25. The number of carbonyl (C=O) groups excluding carboxylic acids is 3. The lowest BCUT2D eigenvalue weighted by Gasteiger charge is -2.36. The van der Waals surface area contributed by atoms with Crippen LogP contribution in [-0.2, 0) is 16.1 Å². The molecule has 162 valence electrons. The lowest BCUT2D eigenvalue weighted by atomic mass is 10.0. The Hall–Kier alpha value is -3.39. The maximum Gasteiger partial charge on any atom is 0.314 e. The summed E-state index contributed by atoms with van der Waals surface area (Å²) >= 11 is 0. The van der Waals surface area contributed by atoms with E-state index in [2.05, 4.69) is 39.8 Å². The molecule has 1 fully saturated rings. The molecule has 0 unspecified atom stereocenters. The van der Waals surface area contributed by atoms with Gasteiger partial charge in [0.1, 0.15) is 0 Å². The third kappa shape index (κ3) is 4.54. The van der Waals surface area contributed by atoms with Gasteiger partial charge in [0, 0.05) is 53.9 Å². The Morgan fingerprint density at radius 2 is 1.68 bits per heavy atom. The van der Waals surface area contributed by atoms with Gasteiger partial charge in [0.25, 0.3) is 5.91 Å². The zero-order valence-corrected chi connectivity index (χ0v) is 17.8. The van der Waals surface area contributed by atoms with Crippen LogP contribution in [0.5, 0.6) is 0 Å². The van der Waals surface area contributed by atoms with E-state index in [1.54, 1.807) is 30.3 Å². The summed E-state index contributed by atoms with van der Waals surface area (Å²) in [6, 6.07) is 13.2. The molecule has 2 aromatic carbocycles. The molecule has 0 aliphatic carbocycles. The second kappa shape index (κ2) is 8.77. The molecule has 0 aromatic heterocycles. The third-order valence-electron chi connectivity index (χ3n) is 5.99. The summed E-state index contributed by atoms with van der Waals surface area (Å²) in [6.07, 6.45) is 2.24. The summed E-state index contributed by atoms with van der Waals surface area (Å²) in [5.74, 6) is -1.71. The molecule has 2 heterocycles. The Morgan fingerprint density at radius 1 is 1.00 bits per heavy atom. The van der Waals surface area contributed by atoms with Gasteiger partial charge in [-0.3, -0.25) is 14.4 Å². The van der Waals surface area contributed by atoms with Crippen molar-refractivity contribution in [2.45, 2.75) is 25.4 Å². The number of benzene rings is 2. The van der Waals surface area contributed by atoms with Gasteiger partial charge in [-0.15, -0.1) is 0 Å². The van der Waals surface area contributed by atoms with Crippen molar-refractivity contribution in [2.75, 3.05) is 42.7 Å². The maximum absolute atomic E-state index is 12.4. The first-order chi connectivity index (χ1) is 14.9. The van der Waals surface area contributed by atoms with Crippen molar-refractivity contribution in [3.63, 3.8) is 0 Å². The SMILES string of the molecule is CN(C)C1CCN(c2ccc(NC(=O)C(=O)Nc3cccc4c3CNC4=O)cc2)CC1. The van der Waals surface area contributed by atoms with Gasteiger partial charge in [-0.05, 0) is 63.3 Å². The minimum absolute atomic E-state index is 0.179. The van der Waals surface area contributed by atoms with E-state index >= 15 is 0 Å². The van der Waals surface area contributed by atoms with Crippen LogP contribution in [0.1, 0.15) is 28.8 Å². The number of hydrogen-bond acceptors (Lipinski definition) is 5. The molecular weight excluding hydrogens is 394 g/mol. The fourth-order valence-corrected chi connectivity index (χ4v) is 4.13. The van der Waals surface area contributed by atoms with E-state index in [1.165, 1.54) is 0 Å². The largest absolute Gasteiger partial charge is 0.371 e. The molecule has 2 aromatic rings. The van der Waals surface area contributed by atoms with Crippen molar-refractivity contribution in [3.05, 3.63) is 53.6 Å². The van der Waals surface area contributed by atoms with E-state index in [9.17, 15) is 14.4 Å². The second-order valence-electron chi connectivity index (χ2n) is 8.15. The van der Waals surface area contributed by atoms with E-state index in [-0.39, 0.29) is 5.91 Å². The smallest absolute Gasteiger partial charge is 0.314 e. The van der Waals surface area contributed by atoms with Crippen LogP contribution in [0.3, 0.4) is 0 Å². The molecule has 0 atom stereocenters. The van der Waals surface area contributed by atoms with Gasteiger partial charge in [0.15, 0.2) is 0 Å². The number of nitrogens with one attached hydrogen (secondary N) is 3. The first kappa shape index (κ1) is 20.9. The monoisotopic (exact) mass is 421 g/mol. The van der Waals surface area contributed by atoms with Crippen molar-refractivity contribution >= 4 is 34.8 Å². The lowest BCUT2D eigenvalue weighted by molar-refractivity contribution is -0.133. The topological polar surface area (TPSA) is 93.8 Å². The van der Waals surface area contributed by atoms with Crippen molar-refractivity contribution in [1.29, 1.82) is 0 Å². The normalized spacial score (nSPS) is 16.1. The van der Waals surface area contributed by atoms with Crippen molar-refractivity contribution in [2.24, 2.45) is 0 Å². The summed E-state index contributed by atoms with van der Waals surface area (Å²) in [5.41, 5.74) is 3.34. The third-order valence-corrected chi connectivity index (χ3v) is 5.99. The van der Waals surface area contributed by atoms with Gasteiger partial charge in [-0.1, -0.05) is 6.07 Å². The maximum atomic E-state index is 12.4. The first-order valence-corrected chi connectivity index (χ1v) is 10.5. The highest BCUT2D eigenvalue weighted by Gasteiger charge is 2.24. The Bertz CT molecular complexity index is 995. The van der Waals surface area contributed by atoms with Crippen molar-refractivity contribution < 1.29 is 14.4 Å². The van der Waals surface area contributed by atoms with Crippen LogP contribution in [0.2, 0.25) is 0 Å². The van der Waals surface area contributed by atoms with Gasteiger partial charge >= 0.3 is 11.8 Å². The van der Waals surface area contributed by atoms with Gasteiger partial charge in [-0.2, -0.15) is 0 Å². The number of hydrogen-bond donors (Lipinski definition) is 3. The van der Waals surface area contributed by atoms with Crippen LogP contribution in [-0.4, -0.2) is 55.8 Å². The van der Waals surface area contributed by atoms with Crippen LogP contribution in [0.15, 0.2) is 42.5 Å². The van der Waals surface area contributed by atoms with Crippen LogP contribution in [0.25, 0.3) is 0 Å². The minimum Gasteiger partial charge on any atom is -0.371 e. The molecule has 0 bridgehead atoms. The fraction of sp³-hybridized carbons (Fsp3) is 0.348.